The normalized spacial score (nSPS) is 12.4. The first-order chi connectivity index (χ1) is 8.70. The molecular weight excluding hydrogens is 242 g/mol. The number of nitrogens with two attached hydrogens (primary N) is 1. The predicted octanol–water partition coefficient (Wildman–Crippen LogP) is 3.93. The Hall–Kier alpha value is -1.31. The van der Waals surface area contributed by atoms with Crippen LogP contribution in [0.3, 0.4) is 0 Å². The van der Waals surface area contributed by atoms with Crippen LogP contribution in [-0.2, 0) is 6.42 Å². The minimum absolute atomic E-state index is 0.325. The fourth-order valence-corrected chi connectivity index (χ4v) is 2.46. The van der Waals surface area contributed by atoms with Crippen molar-refractivity contribution in [2.75, 3.05) is 6.54 Å². The van der Waals surface area contributed by atoms with E-state index in [1.54, 1.807) is 0 Å². The number of halogens is 1. The van der Waals surface area contributed by atoms with Gasteiger partial charge in [-0.3, -0.25) is 0 Å². The van der Waals surface area contributed by atoms with Gasteiger partial charge in [0, 0.05) is 10.9 Å². The van der Waals surface area contributed by atoms with Crippen LogP contribution in [0.25, 0.3) is 0 Å². The molecule has 2 aromatic carbocycles. The van der Waals surface area contributed by atoms with Gasteiger partial charge in [-0.25, -0.2) is 0 Å². The summed E-state index contributed by atoms with van der Waals surface area (Å²) in [5.74, 6) is 0.325. The van der Waals surface area contributed by atoms with Crippen LogP contribution in [0.1, 0.15) is 22.6 Å². The molecule has 2 rings (SSSR count). The lowest BCUT2D eigenvalue weighted by atomic mass is 9.92. The summed E-state index contributed by atoms with van der Waals surface area (Å²) in [5.41, 5.74) is 9.52. The van der Waals surface area contributed by atoms with Crippen LogP contribution in [0.4, 0.5) is 0 Å². The van der Waals surface area contributed by atoms with E-state index >= 15 is 0 Å². The average molecular weight is 260 g/mol. The van der Waals surface area contributed by atoms with Crippen molar-refractivity contribution in [1.82, 2.24) is 0 Å². The highest BCUT2D eigenvalue weighted by Gasteiger charge is 2.12. The summed E-state index contributed by atoms with van der Waals surface area (Å²) >= 11 is 6.28. The van der Waals surface area contributed by atoms with Crippen molar-refractivity contribution >= 4 is 11.6 Å². The van der Waals surface area contributed by atoms with Gasteiger partial charge >= 0.3 is 0 Å². The Morgan fingerprint density at radius 3 is 2.44 bits per heavy atom. The van der Waals surface area contributed by atoms with Gasteiger partial charge in [0.2, 0.25) is 0 Å². The number of benzene rings is 2. The Balaban J connectivity index is 2.21. The second-order valence-electron chi connectivity index (χ2n) is 4.64. The predicted molar refractivity (Wildman–Crippen MR) is 78.1 cm³/mol. The summed E-state index contributed by atoms with van der Waals surface area (Å²) in [7, 11) is 0. The maximum absolute atomic E-state index is 6.28. The molecule has 1 atom stereocenters. The van der Waals surface area contributed by atoms with E-state index in [-0.39, 0.29) is 0 Å². The zero-order valence-corrected chi connectivity index (χ0v) is 11.3. The molecule has 18 heavy (non-hydrogen) atoms. The second-order valence-corrected chi connectivity index (χ2v) is 5.05. The molecule has 0 aliphatic heterocycles. The lowest BCUT2D eigenvalue weighted by Gasteiger charge is -2.16. The van der Waals surface area contributed by atoms with Gasteiger partial charge in [0.05, 0.1) is 0 Å². The van der Waals surface area contributed by atoms with Crippen LogP contribution >= 0.6 is 11.6 Å². The van der Waals surface area contributed by atoms with E-state index in [1.807, 2.05) is 19.1 Å². The van der Waals surface area contributed by atoms with Gasteiger partial charge in [-0.1, -0.05) is 54.1 Å². The van der Waals surface area contributed by atoms with Gasteiger partial charge < -0.3 is 5.73 Å². The van der Waals surface area contributed by atoms with E-state index in [0.717, 1.165) is 11.4 Å². The van der Waals surface area contributed by atoms with Crippen LogP contribution < -0.4 is 5.73 Å². The monoisotopic (exact) mass is 259 g/mol. The maximum atomic E-state index is 6.28. The van der Waals surface area contributed by atoms with Gasteiger partial charge in [0.1, 0.15) is 0 Å². The van der Waals surface area contributed by atoms with Crippen LogP contribution in [0.2, 0.25) is 5.02 Å². The maximum Gasteiger partial charge on any atom is 0.0440 e. The molecule has 0 saturated heterocycles. The van der Waals surface area contributed by atoms with Gasteiger partial charge in [-0.05, 0) is 42.6 Å². The molecule has 2 aromatic rings. The Bertz CT molecular complexity index is 508. The SMILES string of the molecule is Cc1ccc(CC(CN)c2ccccc2)c(Cl)c1. The first-order valence-corrected chi connectivity index (χ1v) is 6.58. The summed E-state index contributed by atoms with van der Waals surface area (Å²) in [5, 5.41) is 0.837. The first kappa shape index (κ1) is 13.1. The molecule has 0 aliphatic rings. The summed E-state index contributed by atoms with van der Waals surface area (Å²) in [6.07, 6.45) is 0.889. The molecule has 0 spiro atoms. The molecule has 0 bridgehead atoms. The molecule has 0 heterocycles. The number of hydrogen-bond acceptors (Lipinski definition) is 1. The summed E-state index contributed by atoms with van der Waals surface area (Å²) < 4.78 is 0. The Labute approximate surface area is 114 Å². The van der Waals surface area contributed by atoms with Crippen molar-refractivity contribution in [2.24, 2.45) is 5.73 Å². The zero-order chi connectivity index (χ0) is 13.0. The summed E-state index contributed by atoms with van der Waals surface area (Å²) in [6.45, 7) is 2.68. The topological polar surface area (TPSA) is 26.0 Å². The Kier molecular flexibility index (Phi) is 4.40. The molecule has 94 valence electrons. The van der Waals surface area contributed by atoms with E-state index in [9.17, 15) is 0 Å². The third-order valence-electron chi connectivity index (χ3n) is 3.23. The largest absolute Gasteiger partial charge is 0.330 e. The second kappa shape index (κ2) is 6.03. The zero-order valence-electron chi connectivity index (χ0n) is 10.6. The highest BCUT2D eigenvalue weighted by molar-refractivity contribution is 6.31. The number of hydrogen-bond donors (Lipinski definition) is 1. The van der Waals surface area contributed by atoms with Gasteiger partial charge in [-0.2, -0.15) is 0 Å². The summed E-state index contributed by atoms with van der Waals surface area (Å²) in [4.78, 5) is 0. The van der Waals surface area contributed by atoms with Crippen molar-refractivity contribution < 1.29 is 0 Å². The quantitative estimate of drug-likeness (QED) is 0.885. The Morgan fingerprint density at radius 1 is 1.11 bits per heavy atom. The van der Waals surface area contributed by atoms with Crippen molar-refractivity contribution in [3.8, 4) is 0 Å². The van der Waals surface area contributed by atoms with Crippen molar-refractivity contribution in [3.05, 3.63) is 70.2 Å². The van der Waals surface area contributed by atoms with E-state index in [1.165, 1.54) is 16.7 Å². The molecule has 1 unspecified atom stereocenters. The fourth-order valence-electron chi connectivity index (χ4n) is 2.15. The number of rotatable bonds is 4. The van der Waals surface area contributed by atoms with E-state index in [2.05, 4.69) is 36.4 Å². The van der Waals surface area contributed by atoms with Gasteiger partial charge in [0.25, 0.3) is 0 Å². The molecular formula is C16H18ClN. The molecule has 0 saturated carbocycles. The van der Waals surface area contributed by atoms with Crippen LogP contribution in [-0.4, -0.2) is 6.54 Å². The van der Waals surface area contributed by atoms with Crippen molar-refractivity contribution in [2.45, 2.75) is 19.3 Å². The Morgan fingerprint density at radius 2 is 1.83 bits per heavy atom. The van der Waals surface area contributed by atoms with Gasteiger partial charge in [0.15, 0.2) is 0 Å². The van der Waals surface area contributed by atoms with Crippen molar-refractivity contribution in [3.63, 3.8) is 0 Å². The lowest BCUT2D eigenvalue weighted by molar-refractivity contribution is 0.694. The smallest absolute Gasteiger partial charge is 0.0440 e. The molecule has 0 amide bonds. The van der Waals surface area contributed by atoms with Crippen molar-refractivity contribution in [1.29, 1.82) is 0 Å². The minimum Gasteiger partial charge on any atom is -0.330 e. The number of aryl methyl sites for hydroxylation is 1. The van der Waals surface area contributed by atoms with E-state index in [0.29, 0.717) is 12.5 Å². The molecule has 0 aliphatic carbocycles. The molecule has 0 radical (unpaired) electrons. The molecule has 2 heteroatoms. The van der Waals surface area contributed by atoms with Gasteiger partial charge in [-0.15, -0.1) is 0 Å². The van der Waals surface area contributed by atoms with Crippen LogP contribution in [0.15, 0.2) is 48.5 Å². The minimum atomic E-state index is 0.325. The molecule has 0 aromatic heterocycles. The van der Waals surface area contributed by atoms with E-state index in [4.69, 9.17) is 17.3 Å². The third-order valence-corrected chi connectivity index (χ3v) is 3.58. The molecule has 1 nitrogen and oxygen atoms in total. The lowest BCUT2D eigenvalue weighted by Crippen LogP contribution is -2.15. The summed E-state index contributed by atoms with van der Waals surface area (Å²) in [6, 6.07) is 16.6. The van der Waals surface area contributed by atoms with Crippen LogP contribution in [0.5, 0.6) is 0 Å². The highest BCUT2D eigenvalue weighted by atomic mass is 35.5. The highest BCUT2D eigenvalue weighted by Crippen LogP contribution is 2.25. The molecule has 2 N–H and O–H groups in total. The average Bonchev–Trinajstić information content (AvgIpc) is 2.39. The fraction of sp³-hybridized carbons (Fsp3) is 0.250. The standard InChI is InChI=1S/C16H18ClN/c1-12-7-8-14(16(17)9-12)10-15(11-18)13-5-3-2-4-6-13/h2-9,15H,10-11,18H2,1H3. The van der Waals surface area contributed by atoms with E-state index < -0.39 is 0 Å². The third kappa shape index (κ3) is 3.12. The molecule has 0 fully saturated rings. The van der Waals surface area contributed by atoms with Crippen LogP contribution in [0, 0.1) is 6.92 Å². The first-order valence-electron chi connectivity index (χ1n) is 6.20.